The zero-order valence-electron chi connectivity index (χ0n) is 5.50. The highest BCUT2D eigenvalue weighted by Gasteiger charge is 1.89. The second kappa shape index (κ2) is 5.83. The van der Waals surface area contributed by atoms with E-state index in [4.69, 9.17) is 11.6 Å². The summed E-state index contributed by atoms with van der Waals surface area (Å²) in [6.45, 7) is 0.473. The second-order valence-corrected chi connectivity index (χ2v) is 1.55. The van der Waals surface area contributed by atoms with E-state index in [2.05, 4.69) is 10.4 Å². The van der Waals surface area contributed by atoms with Crippen LogP contribution in [0.1, 0.15) is 6.42 Å². The highest BCUT2D eigenvalue weighted by atomic mass is 16.1. The first kappa shape index (κ1) is 8.70. The Morgan fingerprint density at radius 2 is 2.40 bits per heavy atom. The van der Waals surface area contributed by atoms with Crippen LogP contribution in [0.5, 0.6) is 0 Å². The van der Waals surface area contributed by atoms with Crippen molar-refractivity contribution in [1.82, 2.24) is 10.9 Å². The minimum Gasteiger partial charge on any atom is -0.386 e. The summed E-state index contributed by atoms with van der Waals surface area (Å²) >= 11 is 0. The predicted octanol–water partition coefficient (Wildman–Crippen LogP) is -2.14. The van der Waals surface area contributed by atoms with Crippen molar-refractivity contribution in [3.05, 3.63) is 0 Å². The average molecular weight is 145 g/mol. The summed E-state index contributed by atoms with van der Waals surface area (Å²) in [6, 6.07) is 0. The number of nitrogens with zero attached hydrogens (tertiary/aromatic N) is 1. The molecule has 0 radical (unpaired) electrons. The maximum Gasteiger partial charge on any atom is 0.207 e. The third-order valence-corrected chi connectivity index (χ3v) is 0.817. The molecule has 0 saturated heterocycles. The summed E-state index contributed by atoms with van der Waals surface area (Å²) < 4.78 is 0. The second-order valence-electron chi connectivity index (χ2n) is 1.55. The number of nitrogens with one attached hydrogen (secondary N) is 2. The number of hydrazine groups is 1. The number of nitrogens with two attached hydrogens (primary N) is 2. The predicted molar refractivity (Wildman–Crippen MR) is 37.6 cm³/mol. The third kappa shape index (κ3) is 4.85. The molecule has 0 heterocycles. The van der Waals surface area contributed by atoms with E-state index in [1.54, 1.807) is 0 Å². The lowest BCUT2D eigenvalue weighted by Crippen LogP contribution is -2.25. The van der Waals surface area contributed by atoms with Gasteiger partial charge in [0.25, 0.3) is 0 Å². The van der Waals surface area contributed by atoms with E-state index in [1.807, 2.05) is 5.53 Å². The van der Waals surface area contributed by atoms with Crippen molar-refractivity contribution in [2.24, 2.45) is 16.7 Å². The number of rotatable bonds is 5. The Labute approximate surface area is 58.6 Å². The van der Waals surface area contributed by atoms with Crippen LogP contribution in [-0.4, -0.2) is 18.8 Å². The van der Waals surface area contributed by atoms with E-state index in [0.717, 1.165) is 0 Å². The number of carbonyl (C=O) groups excluding carboxylic acids is 1. The molecule has 0 aromatic heterocycles. The molecule has 6 heteroatoms. The molecule has 0 spiro atoms. The zero-order valence-corrected chi connectivity index (χ0v) is 5.50. The minimum atomic E-state index is 0.358. The molecule has 0 aliphatic rings. The van der Waals surface area contributed by atoms with Gasteiger partial charge < -0.3 is 11.1 Å². The van der Waals surface area contributed by atoms with Crippen molar-refractivity contribution < 1.29 is 4.79 Å². The summed E-state index contributed by atoms with van der Waals surface area (Å²) in [6.07, 6.45) is 1.09. The van der Waals surface area contributed by atoms with Crippen LogP contribution in [-0.2, 0) is 4.79 Å². The van der Waals surface area contributed by atoms with Crippen LogP contribution >= 0.6 is 0 Å². The SMILES string of the molecule is NN/N=C(\N)CCNC=O. The van der Waals surface area contributed by atoms with Crippen molar-refractivity contribution in [3.8, 4) is 0 Å². The number of carbonyl (C=O) groups is 1. The quantitative estimate of drug-likeness (QED) is 0.0884. The average Bonchev–Trinajstić information content (AvgIpc) is 1.89. The van der Waals surface area contributed by atoms with Crippen LogP contribution in [0.4, 0.5) is 0 Å². The van der Waals surface area contributed by atoms with E-state index >= 15 is 0 Å². The van der Waals surface area contributed by atoms with Gasteiger partial charge in [-0.3, -0.25) is 4.79 Å². The molecule has 0 rings (SSSR count). The molecule has 58 valence electrons. The van der Waals surface area contributed by atoms with Gasteiger partial charge in [0.05, 0.1) is 0 Å². The van der Waals surface area contributed by atoms with E-state index in [1.165, 1.54) is 0 Å². The summed E-state index contributed by atoms with van der Waals surface area (Å²) in [5, 5.41) is 5.89. The van der Waals surface area contributed by atoms with Gasteiger partial charge in [0.1, 0.15) is 5.84 Å². The number of amidine groups is 1. The third-order valence-electron chi connectivity index (χ3n) is 0.817. The van der Waals surface area contributed by atoms with Gasteiger partial charge in [0, 0.05) is 13.0 Å². The molecule has 0 aromatic carbocycles. The van der Waals surface area contributed by atoms with Gasteiger partial charge >= 0.3 is 0 Å². The first-order valence-corrected chi connectivity index (χ1v) is 2.76. The van der Waals surface area contributed by atoms with E-state index in [9.17, 15) is 4.79 Å². The Kier molecular flexibility index (Phi) is 5.07. The molecule has 0 aliphatic heterocycles. The standard InChI is InChI=1S/C4H11N5O/c5-4(8-9-6)1-2-7-3-10/h3,9H,1-2,6H2,(H2,5,8)(H,7,10). The molecule has 6 N–H and O–H groups in total. The van der Waals surface area contributed by atoms with Crippen LogP contribution < -0.4 is 22.4 Å². The van der Waals surface area contributed by atoms with Crippen molar-refractivity contribution in [1.29, 1.82) is 0 Å². The smallest absolute Gasteiger partial charge is 0.207 e. The monoisotopic (exact) mass is 145 g/mol. The van der Waals surface area contributed by atoms with Crippen LogP contribution in [0, 0.1) is 0 Å². The van der Waals surface area contributed by atoms with E-state index in [0.29, 0.717) is 25.2 Å². The van der Waals surface area contributed by atoms with Crippen molar-refractivity contribution in [3.63, 3.8) is 0 Å². The topological polar surface area (TPSA) is 106 Å². The lowest BCUT2D eigenvalue weighted by Gasteiger charge is -1.97. The Balaban J connectivity index is 3.29. The number of amides is 1. The Morgan fingerprint density at radius 3 is 2.90 bits per heavy atom. The van der Waals surface area contributed by atoms with Crippen LogP contribution in [0.25, 0.3) is 0 Å². The van der Waals surface area contributed by atoms with Crippen LogP contribution in [0.15, 0.2) is 5.10 Å². The van der Waals surface area contributed by atoms with Crippen LogP contribution in [0.2, 0.25) is 0 Å². The molecule has 0 unspecified atom stereocenters. The van der Waals surface area contributed by atoms with Gasteiger partial charge in [-0.2, -0.15) is 5.10 Å². The van der Waals surface area contributed by atoms with Gasteiger partial charge in [-0.1, -0.05) is 0 Å². The molecule has 1 amide bonds. The highest BCUT2D eigenvalue weighted by Crippen LogP contribution is 1.73. The van der Waals surface area contributed by atoms with Crippen LogP contribution in [0.3, 0.4) is 0 Å². The lowest BCUT2D eigenvalue weighted by molar-refractivity contribution is -0.109. The van der Waals surface area contributed by atoms with Crippen molar-refractivity contribution in [2.45, 2.75) is 6.42 Å². The number of hydrazone groups is 1. The van der Waals surface area contributed by atoms with Gasteiger partial charge in [0.2, 0.25) is 6.41 Å². The van der Waals surface area contributed by atoms with Gasteiger partial charge in [-0.25, -0.2) is 11.4 Å². The Morgan fingerprint density at radius 1 is 1.70 bits per heavy atom. The molecular formula is C4H11N5O. The lowest BCUT2D eigenvalue weighted by atomic mass is 10.4. The normalized spacial score (nSPS) is 10.7. The van der Waals surface area contributed by atoms with Crippen molar-refractivity contribution >= 4 is 12.2 Å². The fourth-order valence-electron chi connectivity index (χ4n) is 0.398. The summed E-state index contributed by atoms with van der Waals surface area (Å²) in [5.74, 6) is 5.18. The maximum atomic E-state index is 9.71. The maximum absolute atomic E-state index is 9.71. The van der Waals surface area contributed by atoms with E-state index < -0.39 is 0 Å². The van der Waals surface area contributed by atoms with Gasteiger partial charge in [0.15, 0.2) is 0 Å². The van der Waals surface area contributed by atoms with Gasteiger partial charge in [-0.05, 0) is 0 Å². The summed E-state index contributed by atoms with van der Waals surface area (Å²) in [4.78, 5) is 9.71. The van der Waals surface area contributed by atoms with Gasteiger partial charge in [-0.15, -0.1) is 0 Å². The fourth-order valence-corrected chi connectivity index (χ4v) is 0.398. The Bertz CT molecular complexity index is 123. The molecule has 10 heavy (non-hydrogen) atoms. The van der Waals surface area contributed by atoms with E-state index in [-0.39, 0.29) is 0 Å². The molecule has 0 bridgehead atoms. The van der Waals surface area contributed by atoms with Crippen molar-refractivity contribution in [2.75, 3.05) is 6.54 Å². The number of hydrogen-bond donors (Lipinski definition) is 4. The first-order valence-electron chi connectivity index (χ1n) is 2.76. The molecule has 0 fully saturated rings. The molecular weight excluding hydrogens is 134 g/mol. The molecule has 6 nitrogen and oxygen atoms in total. The summed E-state index contributed by atoms with van der Waals surface area (Å²) in [5.41, 5.74) is 7.32. The Hall–Kier alpha value is -1.30. The zero-order chi connectivity index (χ0) is 7.82. The number of hydrogen-bond acceptors (Lipinski definition) is 4. The largest absolute Gasteiger partial charge is 0.386 e. The summed E-state index contributed by atoms with van der Waals surface area (Å²) in [7, 11) is 0. The molecule has 0 aromatic rings. The fraction of sp³-hybridized carbons (Fsp3) is 0.500. The first-order chi connectivity index (χ1) is 4.81. The minimum absolute atomic E-state index is 0.358. The highest BCUT2D eigenvalue weighted by molar-refractivity contribution is 5.80. The molecule has 0 saturated carbocycles. The molecule has 0 atom stereocenters. The molecule has 0 aliphatic carbocycles.